The number of hydrogen-bond acceptors (Lipinski definition) is 5. The molecule has 0 spiro atoms. The third-order valence-electron chi connectivity index (χ3n) is 4.29. The normalized spacial score (nSPS) is 13.8. The lowest BCUT2D eigenvalue weighted by Gasteiger charge is -2.19. The molecule has 3 heterocycles. The molecule has 1 aromatic carbocycles. The van der Waals surface area contributed by atoms with Crippen molar-refractivity contribution >= 4 is 16.3 Å². The highest BCUT2D eigenvalue weighted by Crippen LogP contribution is 2.38. The van der Waals surface area contributed by atoms with Crippen molar-refractivity contribution in [2.24, 2.45) is 0 Å². The van der Waals surface area contributed by atoms with Crippen LogP contribution in [0.15, 0.2) is 23.6 Å². The van der Waals surface area contributed by atoms with Gasteiger partial charge < -0.3 is 9.47 Å². The molecule has 0 saturated heterocycles. The van der Waals surface area contributed by atoms with Gasteiger partial charge in [-0.15, -0.1) is 11.3 Å². The lowest BCUT2D eigenvalue weighted by Crippen LogP contribution is -2.15. The van der Waals surface area contributed by atoms with Crippen molar-refractivity contribution in [3.63, 3.8) is 0 Å². The van der Waals surface area contributed by atoms with E-state index in [1.54, 1.807) is 11.3 Å². The molecule has 0 fully saturated rings. The van der Waals surface area contributed by atoms with Crippen LogP contribution in [0.1, 0.15) is 32.2 Å². The number of ether oxygens (including phenoxy) is 2. The van der Waals surface area contributed by atoms with Crippen LogP contribution in [0.25, 0.3) is 16.2 Å². The fourth-order valence-corrected chi connectivity index (χ4v) is 4.23. The van der Waals surface area contributed by atoms with E-state index in [1.807, 2.05) is 18.2 Å². The van der Waals surface area contributed by atoms with E-state index in [9.17, 15) is 5.26 Å². The molecule has 0 N–H and O–H groups in total. The topological polar surface area (TPSA) is 59.5 Å². The largest absolute Gasteiger partial charge is 0.486 e. The molecule has 2 aromatic heterocycles. The first-order chi connectivity index (χ1) is 12.0. The summed E-state index contributed by atoms with van der Waals surface area (Å²) in [4.78, 5) is 5.74. The molecule has 0 saturated carbocycles. The molecule has 0 amide bonds. The summed E-state index contributed by atoms with van der Waals surface area (Å²) in [5.41, 5.74) is 3.88. The van der Waals surface area contributed by atoms with Gasteiger partial charge in [0.25, 0.3) is 0 Å². The molecule has 6 heteroatoms. The van der Waals surface area contributed by atoms with Gasteiger partial charge in [-0.25, -0.2) is 4.98 Å². The minimum Gasteiger partial charge on any atom is -0.486 e. The highest BCUT2D eigenvalue weighted by molar-refractivity contribution is 7.15. The second-order valence-corrected chi connectivity index (χ2v) is 7.93. The predicted octanol–water partition coefficient (Wildman–Crippen LogP) is 4.20. The van der Waals surface area contributed by atoms with Gasteiger partial charge in [0.2, 0.25) is 0 Å². The number of fused-ring (bicyclic) bond motifs is 2. The summed E-state index contributed by atoms with van der Waals surface area (Å²) in [6.45, 7) is 7.65. The summed E-state index contributed by atoms with van der Waals surface area (Å²) in [6, 6.07) is 8.15. The first-order valence-electron chi connectivity index (χ1n) is 8.25. The average Bonchev–Trinajstić information content (AvgIpc) is 3.14. The molecule has 4 rings (SSSR count). The zero-order valence-electron chi connectivity index (χ0n) is 14.5. The van der Waals surface area contributed by atoms with Crippen molar-refractivity contribution in [1.29, 1.82) is 5.26 Å². The van der Waals surface area contributed by atoms with E-state index in [2.05, 4.69) is 36.6 Å². The summed E-state index contributed by atoms with van der Waals surface area (Å²) in [6.07, 6.45) is 0.310. The summed E-state index contributed by atoms with van der Waals surface area (Å²) < 4.78 is 13.4. The third kappa shape index (κ3) is 2.65. The van der Waals surface area contributed by atoms with Gasteiger partial charge in [0.15, 0.2) is 16.5 Å². The molecule has 0 aliphatic carbocycles. The van der Waals surface area contributed by atoms with Gasteiger partial charge in [-0.2, -0.15) is 5.26 Å². The molecule has 1 aliphatic rings. The van der Waals surface area contributed by atoms with Crippen molar-refractivity contribution < 1.29 is 9.47 Å². The van der Waals surface area contributed by atoms with Gasteiger partial charge in [0.1, 0.15) is 13.2 Å². The van der Waals surface area contributed by atoms with Crippen LogP contribution in [-0.2, 0) is 11.8 Å². The van der Waals surface area contributed by atoms with Crippen molar-refractivity contribution in [3.8, 4) is 28.8 Å². The van der Waals surface area contributed by atoms with Gasteiger partial charge in [-0.1, -0.05) is 20.8 Å². The zero-order valence-corrected chi connectivity index (χ0v) is 15.3. The van der Waals surface area contributed by atoms with Crippen molar-refractivity contribution in [1.82, 2.24) is 9.38 Å². The first-order valence-corrected chi connectivity index (χ1v) is 9.13. The SMILES string of the molecule is CC(C)(C)c1csc2nc(-c3ccc4c(c3)OCCO4)c(CC#N)n12. The highest BCUT2D eigenvalue weighted by atomic mass is 32.1. The highest BCUT2D eigenvalue weighted by Gasteiger charge is 2.25. The number of thiazole rings is 1. The lowest BCUT2D eigenvalue weighted by molar-refractivity contribution is 0.171. The molecule has 0 unspecified atom stereocenters. The zero-order chi connectivity index (χ0) is 17.6. The fraction of sp³-hybridized carbons (Fsp3) is 0.368. The molecule has 1 aliphatic heterocycles. The Morgan fingerprint density at radius 1 is 1.24 bits per heavy atom. The van der Waals surface area contributed by atoms with Gasteiger partial charge in [-0.05, 0) is 18.2 Å². The third-order valence-corrected chi connectivity index (χ3v) is 5.12. The minimum atomic E-state index is -0.0206. The molecular formula is C19H19N3O2S. The van der Waals surface area contributed by atoms with Crippen LogP contribution in [0, 0.1) is 11.3 Å². The molecule has 3 aromatic rings. The van der Waals surface area contributed by atoms with Crippen LogP contribution in [0.3, 0.4) is 0 Å². The number of aromatic nitrogens is 2. The summed E-state index contributed by atoms with van der Waals surface area (Å²) in [5.74, 6) is 1.49. The summed E-state index contributed by atoms with van der Waals surface area (Å²) in [7, 11) is 0. The van der Waals surface area contributed by atoms with Gasteiger partial charge in [0.05, 0.1) is 23.9 Å². The number of imidazole rings is 1. The van der Waals surface area contributed by atoms with E-state index in [0.717, 1.165) is 33.4 Å². The van der Waals surface area contributed by atoms with E-state index in [-0.39, 0.29) is 5.41 Å². The Morgan fingerprint density at radius 2 is 2.00 bits per heavy atom. The standard InChI is InChI=1S/C19H19N3O2S/c1-19(2,3)16-11-25-18-21-17(13(6-7-20)22(16)18)12-4-5-14-15(10-12)24-9-8-23-14/h4-5,10-11H,6,8-9H2,1-3H3. The van der Waals surface area contributed by atoms with Crippen LogP contribution < -0.4 is 9.47 Å². The van der Waals surface area contributed by atoms with Crippen molar-refractivity contribution in [3.05, 3.63) is 35.0 Å². The molecule has 25 heavy (non-hydrogen) atoms. The second kappa shape index (κ2) is 5.78. The molecule has 0 radical (unpaired) electrons. The molecular weight excluding hydrogens is 334 g/mol. The number of nitriles is 1. The average molecular weight is 353 g/mol. The maximum atomic E-state index is 9.36. The maximum Gasteiger partial charge on any atom is 0.194 e. The van der Waals surface area contributed by atoms with Crippen molar-refractivity contribution in [2.75, 3.05) is 13.2 Å². The lowest BCUT2D eigenvalue weighted by atomic mass is 9.93. The Balaban J connectivity index is 1.92. The number of benzene rings is 1. The van der Waals surface area contributed by atoms with Gasteiger partial charge >= 0.3 is 0 Å². The fourth-order valence-electron chi connectivity index (χ4n) is 3.09. The molecule has 5 nitrogen and oxygen atoms in total. The van der Waals surface area contributed by atoms with Crippen LogP contribution >= 0.6 is 11.3 Å². The van der Waals surface area contributed by atoms with E-state index in [1.165, 1.54) is 5.69 Å². The predicted molar refractivity (Wildman–Crippen MR) is 97.5 cm³/mol. The van der Waals surface area contributed by atoms with E-state index in [0.29, 0.717) is 19.6 Å². The Hall–Kier alpha value is -2.52. The van der Waals surface area contributed by atoms with Crippen molar-refractivity contribution in [2.45, 2.75) is 32.6 Å². The van der Waals surface area contributed by atoms with Crippen LogP contribution in [0.5, 0.6) is 11.5 Å². The molecule has 0 bridgehead atoms. The molecule has 128 valence electrons. The van der Waals surface area contributed by atoms with E-state index < -0.39 is 0 Å². The first kappa shape index (κ1) is 16.0. The van der Waals surface area contributed by atoms with Crippen LogP contribution in [0.2, 0.25) is 0 Å². The number of rotatable bonds is 2. The number of hydrogen-bond donors (Lipinski definition) is 0. The quantitative estimate of drug-likeness (QED) is 0.693. The smallest absolute Gasteiger partial charge is 0.194 e. The minimum absolute atomic E-state index is 0.0206. The molecule has 0 atom stereocenters. The van der Waals surface area contributed by atoms with Crippen LogP contribution in [0.4, 0.5) is 0 Å². The Labute approximate surface area is 150 Å². The van der Waals surface area contributed by atoms with E-state index in [4.69, 9.17) is 14.5 Å². The van der Waals surface area contributed by atoms with Gasteiger partial charge in [-0.3, -0.25) is 4.40 Å². The monoisotopic (exact) mass is 353 g/mol. The Bertz CT molecular complexity index is 989. The number of nitrogens with zero attached hydrogens (tertiary/aromatic N) is 3. The Morgan fingerprint density at radius 3 is 2.72 bits per heavy atom. The second-order valence-electron chi connectivity index (χ2n) is 7.09. The van der Waals surface area contributed by atoms with Crippen LogP contribution in [-0.4, -0.2) is 22.6 Å². The Kier molecular flexibility index (Phi) is 3.69. The maximum absolute atomic E-state index is 9.36. The van der Waals surface area contributed by atoms with Gasteiger partial charge in [0, 0.05) is 22.1 Å². The summed E-state index contributed by atoms with van der Waals surface area (Å²) in [5, 5.41) is 11.5. The van der Waals surface area contributed by atoms with E-state index >= 15 is 0 Å². The summed E-state index contributed by atoms with van der Waals surface area (Å²) >= 11 is 1.61.